The largest absolute Gasteiger partial charge is 0.496 e. The van der Waals surface area contributed by atoms with E-state index in [0.29, 0.717) is 22.9 Å². The van der Waals surface area contributed by atoms with Crippen LogP contribution in [0.25, 0.3) is 5.69 Å². The lowest BCUT2D eigenvalue weighted by atomic mass is 9.89. The van der Waals surface area contributed by atoms with Crippen molar-refractivity contribution in [3.63, 3.8) is 0 Å². The number of imidazole rings is 1. The average Bonchev–Trinajstić information content (AvgIpc) is 3.10. The molecular weight excluding hydrogens is 371 g/mol. The molecule has 0 unspecified atom stereocenters. The molecule has 2 aromatic carbocycles. The molecule has 1 aromatic heterocycles. The number of amides is 1. The summed E-state index contributed by atoms with van der Waals surface area (Å²) in [4.78, 5) is 16.8. The normalized spacial score (nSPS) is 16.4. The Morgan fingerprint density at radius 2 is 1.86 bits per heavy atom. The van der Waals surface area contributed by atoms with Crippen molar-refractivity contribution in [1.82, 2.24) is 9.55 Å². The highest BCUT2D eigenvalue weighted by Gasteiger charge is 2.33. The molecule has 5 nitrogen and oxygen atoms in total. The molecular formula is C20H16F3N3O2. The molecule has 1 aliphatic rings. The van der Waals surface area contributed by atoms with Crippen molar-refractivity contribution in [2.75, 3.05) is 12.4 Å². The molecule has 28 heavy (non-hydrogen) atoms. The summed E-state index contributed by atoms with van der Waals surface area (Å²) in [6.45, 7) is 0. The lowest BCUT2D eigenvalue weighted by Crippen LogP contribution is -2.25. The number of hydrogen-bond acceptors (Lipinski definition) is 3. The van der Waals surface area contributed by atoms with E-state index < -0.39 is 11.7 Å². The smallest absolute Gasteiger partial charge is 0.416 e. The Bertz CT molecular complexity index is 1030. The molecule has 0 saturated heterocycles. The van der Waals surface area contributed by atoms with Crippen LogP contribution in [0.15, 0.2) is 54.9 Å². The van der Waals surface area contributed by atoms with Crippen LogP contribution in [0, 0.1) is 0 Å². The number of nitrogens with zero attached hydrogens (tertiary/aromatic N) is 2. The number of carbonyl (C=O) groups excluding carboxylic acids is 1. The quantitative estimate of drug-likeness (QED) is 0.726. The van der Waals surface area contributed by atoms with Gasteiger partial charge in [0.05, 0.1) is 18.4 Å². The zero-order valence-corrected chi connectivity index (χ0v) is 14.8. The number of hydrogen-bond donors (Lipinski definition) is 1. The minimum atomic E-state index is -4.41. The second kappa shape index (κ2) is 6.70. The zero-order valence-electron chi connectivity index (χ0n) is 14.8. The second-order valence-electron chi connectivity index (χ2n) is 6.44. The van der Waals surface area contributed by atoms with Gasteiger partial charge in [0, 0.05) is 23.6 Å². The highest BCUT2D eigenvalue weighted by molar-refractivity contribution is 5.94. The molecule has 2 heterocycles. The van der Waals surface area contributed by atoms with E-state index >= 15 is 0 Å². The van der Waals surface area contributed by atoms with Gasteiger partial charge in [0.25, 0.3) is 0 Å². The Morgan fingerprint density at radius 1 is 1.14 bits per heavy atom. The Labute approximate surface area is 158 Å². The van der Waals surface area contributed by atoms with Gasteiger partial charge in [0.1, 0.15) is 17.9 Å². The van der Waals surface area contributed by atoms with Gasteiger partial charge in [-0.05, 0) is 30.3 Å². The van der Waals surface area contributed by atoms with Crippen molar-refractivity contribution in [3.8, 4) is 11.4 Å². The highest BCUT2D eigenvalue weighted by Crippen LogP contribution is 2.40. The number of rotatable bonds is 3. The van der Waals surface area contributed by atoms with Crippen molar-refractivity contribution < 1.29 is 22.7 Å². The van der Waals surface area contributed by atoms with Gasteiger partial charge < -0.3 is 10.1 Å². The molecule has 4 rings (SSSR count). The number of anilines is 1. The van der Waals surface area contributed by atoms with Gasteiger partial charge in [-0.2, -0.15) is 13.2 Å². The number of benzene rings is 2. The fourth-order valence-electron chi connectivity index (χ4n) is 3.42. The lowest BCUT2D eigenvalue weighted by molar-refractivity contribution is -0.137. The van der Waals surface area contributed by atoms with Crippen molar-refractivity contribution >= 4 is 11.7 Å². The Morgan fingerprint density at radius 3 is 2.54 bits per heavy atom. The predicted octanol–water partition coefficient (Wildman–Crippen LogP) is 4.37. The summed E-state index contributed by atoms with van der Waals surface area (Å²) in [6, 6.07) is 12.1. The molecule has 8 heteroatoms. The molecule has 0 spiro atoms. The molecule has 0 bridgehead atoms. The van der Waals surface area contributed by atoms with Crippen LogP contribution in [-0.4, -0.2) is 22.6 Å². The summed E-state index contributed by atoms with van der Waals surface area (Å²) in [5.74, 6) is 0.594. The van der Waals surface area contributed by atoms with Gasteiger partial charge in [-0.15, -0.1) is 0 Å². The topological polar surface area (TPSA) is 56.1 Å². The first-order valence-electron chi connectivity index (χ1n) is 8.56. The first kappa shape index (κ1) is 18.1. The van der Waals surface area contributed by atoms with Crippen LogP contribution in [0.5, 0.6) is 5.75 Å². The summed E-state index contributed by atoms with van der Waals surface area (Å²) in [6.07, 6.45) is -2.70. The summed E-state index contributed by atoms with van der Waals surface area (Å²) in [7, 11) is 1.56. The maximum atomic E-state index is 12.8. The summed E-state index contributed by atoms with van der Waals surface area (Å²) in [5.41, 5.74) is 1.21. The van der Waals surface area contributed by atoms with Crippen LogP contribution in [0.2, 0.25) is 0 Å². The molecule has 144 valence electrons. The second-order valence-corrected chi connectivity index (χ2v) is 6.44. The van der Waals surface area contributed by atoms with Crippen LogP contribution < -0.4 is 10.1 Å². The average molecular weight is 387 g/mol. The molecule has 0 saturated carbocycles. The maximum Gasteiger partial charge on any atom is 0.416 e. The van der Waals surface area contributed by atoms with E-state index in [2.05, 4.69) is 10.3 Å². The standard InChI is InChI=1S/C20H16F3N3O2/c1-28-16-5-3-2-4-14(16)15-10-17(27)25-19-18(15)24-11-26(19)13-8-6-12(7-9-13)20(21,22)23/h2-9,11,15H,10H2,1H3,(H,25,27)/t15-/m0/s1. The lowest BCUT2D eigenvalue weighted by Gasteiger charge is -2.24. The highest BCUT2D eigenvalue weighted by atomic mass is 19.4. The van der Waals surface area contributed by atoms with Gasteiger partial charge >= 0.3 is 6.18 Å². The summed E-state index contributed by atoms with van der Waals surface area (Å²) in [5, 5.41) is 2.79. The molecule has 0 radical (unpaired) electrons. The number of carbonyl (C=O) groups is 1. The molecule has 1 amide bonds. The number of halogens is 3. The van der Waals surface area contributed by atoms with Crippen molar-refractivity contribution in [1.29, 1.82) is 0 Å². The number of methoxy groups -OCH3 is 1. The van der Waals surface area contributed by atoms with Gasteiger partial charge in [-0.3, -0.25) is 9.36 Å². The molecule has 0 fully saturated rings. The van der Waals surface area contributed by atoms with Crippen LogP contribution >= 0.6 is 0 Å². The van der Waals surface area contributed by atoms with E-state index in [1.165, 1.54) is 18.5 Å². The minimum absolute atomic E-state index is 0.197. The van der Waals surface area contributed by atoms with Crippen molar-refractivity contribution in [2.24, 2.45) is 0 Å². The van der Waals surface area contributed by atoms with Crippen molar-refractivity contribution in [3.05, 3.63) is 71.7 Å². The zero-order chi connectivity index (χ0) is 19.9. The first-order valence-corrected chi connectivity index (χ1v) is 8.56. The van der Waals surface area contributed by atoms with E-state index in [4.69, 9.17) is 4.74 Å². The van der Waals surface area contributed by atoms with Crippen molar-refractivity contribution in [2.45, 2.75) is 18.5 Å². The molecule has 3 aromatic rings. The predicted molar refractivity (Wildman–Crippen MR) is 96.6 cm³/mol. The fraction of sp³-hybridized carbons (Fsp3) is 0.200. The number of fused-ring (bicyclic) bond motifs is 1. The van der Waals surface area contributed by atoms with E-state index in [0.717, 1.165) is 17.7 Å². The number of ether oxygens (including phenoxy) is 1. The first-order chi connectivity index (χ1) is 13.4. The maximum absolute atomic E-state index is 12.8. The Kier molecular flexibility index (Phi) is 4.33. The Hall–Kier alpha value is -3.29. The van der Waals surface area contributed by atoms with Crippen LogP contribution in [-0.2, 0) is 11.0 Å². The third-order valence-electron chi connectivity index (χ3n) is 4.76. The van der Waals surface area contributed by atoms with E-state index in [9.17, 15) is 18.0 Å². The molecule has 1 aliphatic heterocycles. The van der Waals surface area contributed by atoms with Gasteiger partial charge in [0.2, 0.25) is 5.91 Å². The number of nitrogens with one attached hydrogen (secondary N) is 1. The monoisotopic (exact) mass is 387 g/mol. The van der Waals surface area contributed by atoms with Crippen LogP contribution in [0.1, 0.15) is 29.2 Å². The third kappa shape index (κ3) is 3.11. The molecule has 1 N–H and O–H groups in total. The number of aromatic nitrogens is 2. The SMILES string of the molecule is COc1ccccc1[C@@H]1CC(=O)Nc2c1ncn2-c1ccc(C(F)(F)F)cc1. The fourth-order valence-corrected chi connectivity index (χ4v) is 3.42. The number of para-hydroxylation sites is 1. The van der Waals surface area contributed by atoms with Crippen LogP contribution in [0.3, 0.4) is 0 Å². The Balaban J connectivity index is 1.77. The van der Waals surface area contributed by atoms with Gasteiger partial charge in [-0.1, -0.05) is 18.2 Å². The van der Waals surface area contributed by atoms with E-state index in [1.807, 2.05) is 24.3 Å². The molecule has 1 atom stereocenters. The van der Waals surface area contributed by atoms with E-state index in [-0.39, 0.29) is 18.2 Å². The minimum Gasteiger partial charge on any atom is -0.496 e. The summed E-state index contributed by atoms with van der Waals surface area (Å²) >= 11 is 0. The molecule has 0 aliphatic carbocycles. The third-order valence-corrected chi connectivity index (χ3v) is 4.76. The van der Waals surface area contributed by atoms with Crippen LogP contribution in [0.4, 0.5) is 19.0 Å². The number of alkyl halides is 3. The summed E-state index contributed by atoms with van der Waals surface area (Å²) < 4.78 is 45.4. The van der Waals surface area contributed by atoms with Gasteiger partial charge in [-0.25, -0.2) is 4.98 Å². The van der Waals surface area contributed by atoms with E-state index in [1.54, 1.807) is 11.7 Å². The van der Waals surface area contributed by atoms with Gasteiger partial charge in [0.15, 0.2) is 0 Å².